The Bertz CT molecular complexity index is 488. The highest BCUT2D eigenvalue weighted by Crippen LogP contribution is 2.29. The van der Waals surface area contributed by atoms with Gasteiger partial charge in [0.25, 0.3) is 5.91 Å². The molecular weight excluding hydrogens is 238 g/mol. The smallest absolute Gasteiger partial charge is 0.253 e. The van der Waals surface area contributed by atoms with Crippen molar-refractivity contribution in [2.24, 2.45) is 5.41 Å². The van der Waals surface area contributed by atoms with Crippen molar-refractivity contribution in [3.63, 3.8) is 0 Å². The van der Waals surface area contributed by atoms with Gasteiger partial charge in [0.1, 0.15) is 0 Å². The second-order valence-corrected chi connectivity index (χ2v) is 6.13. The topological polar surface area (TPSA) is 37.4 Å². The lowest BCUT2D eigenvalue weighted by atomic mass is 9.84. The quantitative estimate of drug-likeness (QED) is 0.765. The second-order valence-electron chi connectivity index (χ2n) is 6.13. The first-order valence-corrected chi connectivity index (χ1v) is 6.79. The van der Waals surface area contributed by atoms with Gasteiger partial charge >= 0.3 is 0 Å². The summed E-state index contributed by atoms with van der Waals surface area (Å²) in [7, 11) is 0. The van der Waals surface area contributed by atoms with Crippen LogP contribution in [0.15, 0.2) is 24.3 Å². The number of ketones is 1. The monoisotopic (exact) mass is 259 g/mol. The van der Waals surface area contributed by atoms with E-state index in [2.05, 4.69) is 13.8 Å². The third-order valence-corrected chi connectivity index (χ3v) is 3.73. The summed E-state index contributed by atoms with van der Waals surface area (Å²) in [5, 5.41) is 0. The first kappa shape index (κ1) is 13.8. The first-order valence-electron chi connectivity index (χ1n) is 6.79. The summed E-state index contributed by atoms with van der Waals surface area (Å²) in [5.74, 6) is 0.0981. The number of piperidine rings is 1. The molecule has 19 heavy (non-hydrogen) atoms. The molecule has 0 spiro atoms. The van der Waals surface area contributed by atoms with Crippen molar-refractivity contribution in [1.82, 2.24) is 4.90 Å². The zero-order valence-electron chi connectivity index (χ0n) is 11.9. The summed E-state index contributed by atoms with van der Waals surface area (Å²) in [5.41, 5.74) is 1.52. The number of carbonyl (C=O) groups is 2. The molecule has 1 aliphatic rings. The summed E-state index contributed by atoms with van der Waals surface area (Å²) in [6.45, 7) is 7.57. The molecule has 0 bridgehead atoms. The van der Waals surface area contributed by atoms with E-state index < -0.39 is 0 Å². The van der Waals surface area contributed by atoms with E-state index in [-0.39, 0.29) is 17.1 Å². The van der Waals surface area contributed by atoms with Gasteiger partial charge in [0, 0.05) is 24.2 Å². The van der Waals surface area contributed by atoms with Crippen LogP contribution in [0.2, 0.25) is 0 Å². The Hall–Kier alpha value is -1.64. The van der Waals surface area contributed by atoms with E-state index in [1.807, 2.05) is 4.90 Å². The van der Waals surface area contributed by atoms with Crippen LogP contribution < -0.4 is 0 Å². The molecule has 1 aromatic rings. The molecule has 0 unspecified atom stereocenters. The number of hydrogen-bond donors (Lipinski definition) is 0. The molecular formula is C16H21NO2. The van der Waals surface area contributed by atoms with E-state index in [0.29, 0.717) is 11.1 Å². The van der Waals surface area contributed by atoms with Crippen molar-refractivity contribution in [2.75, 3.05) is 13.1 Å². The van der Waals surface area contributed by atoms with Gasteiger partial charge in [-0.15, -0.1) is 0 Å². The molecule has 3 heteroatoms. The van der Waals surface area contributed by atoms with Gasteiger partial charge in [-0.05, 0) is 37.3 Å². The lowest BCUT2D eigenvalue weighted by Gasteiger charge is -2.38. The maximum atomic E-state index is 12.4. The molecule has 1 saturated heterocycles. The number of hydrogen-bond acceptors (Lipinski definition) is 2. The Balaban J connectivity index is 2.13. The van der Waals surface area contributed by atoms with Crippen LogP contribution in [0.4, 0.5) is 0 Å². The Morgan fingerprint density at radius 1 is 1.11 bits per heavy atom. The van der Waals surface area contributed by atoms with Crippen LogP contribution in [0, 0.1) is 5.41 Å². The third kappa shape index (κ3) is 3.22. The van der Waals surface area contributed by atoms with E-state index in [0.717, 1.165) is 19.5 Å². The molecule has 0 N–H and O–H groups in total. The minimum absolute atomic E-state index is 0.0260. The number of nitrogens with zero attached hydrogens (tertiary/aromatic N) is 1. The zero-order valence-corrected chi connectivity index (χ0v) is 11.9. The van der Waals surface area contributed by atoms with Crippen molar-refractivity contribution in [1.29, 1.82) is 0 Å². The van der Waals surface area contributed by atoms with Gasteiger partial charge < -0.3 is 4.90 Å². The van der Waals surface area contributed by atoms with Crippen molar-refractivity contribution < 1.29 is 9.59 Å². The molecule has 1 amide bonds. The summed E-state index contributed by atoms with van der Waals surface area (Å²) < 4.78 is 0. The predicted molar refractivity (Wildman–Crippen MR) is 75.4 cm³/mol. The van der Waals surface area contributed by atoms with Crippen LogP contribution in [-0.4, -0.2) is 29.7 Å². The largest absolute Gasteiger partial charge is 0.338 e. The van der Waals surface area contributed by atoms with Crippen LogP contribution in [-0.2, 0) is 0 Å². The van der Waals surface area contributed by atoms with Crippen LogP contribution in [0.5, 0.6) is 0 Å². The maximum absolute atomic E-state index is 12.4. The molecule has 0 aromatic heterocycles. The number of rotatable bonds is 2. The minimum Gasteiger partial charge on any atom is -0.338 e. The normalized spacial score (nSPS) is 18.2. The molecule has 1 aromatic carbocycles. The van der Waals surface area contributed by atoms with Gasteiger partial charge in [0.2, 0.25) is 0 Å². The zero-order chi connectivity index (χ0) is 14.0. The Labute approximate surface area is 114 Å². The van der Waals surface area contributed by atoms with Crippen molar-refractivity contribution in [3.8, 4) is 0 Å². The van der Waals surface area contributed by atoms with E-state index in [9.17, 15) is 9.59 Å². The average Bonchev–Trinajstić information content (AvgIpc) is 2.37. The van der Waals surface area contributed by atoms with E-state index in [4.69, 9.17) is 0 Å². The number of benzene rings is 1. The van der Waals surface area contributed by atoms with E-state index in [1.165, 1.54) is 13.3 Å². The van der Waals surface area contributed by atoms with Gasteiger partial charge in [-0.1, -0.05) is 26.0 Å². The molecule has 0 aliphatic carbocycles. The Kier molecular flexibility index (Phi) is 3.74. The summed E-state index contributed by atoms with van der Waals surface area (Å²) >= 11 is 0. The van der Waals surface area contributed by atoms with Gasteiger partial charge in [-0.25, -0.2) is 0 Å². The molecule has 1 heterocycles. The number of likely N-dealkylation sites (tertiary alicyclic amines) is 1. The number of carbonyl (C=O) groups excluding carboxylic acids is 2. The predicted octanol–water partition coefficient (Wildman–Crippen LogP) is 3.15. The Morgan fingerprint density at radius 2 is 1.68 bits per heavy atom. The van der Waals surface area contributed by atoms with Crippen LogP contribution in [0.3, 0.4) is 0 Å². The van der Waals surface area contributed by atoms with Crippen LogP contribution in [0.1, 0.15) is 54.3 Å². The maximum Gasteiger partial charge on any atom is 0.253 e. The van der Waals surface area contributed by atoms with Gasteiger partial charge in [0.15, 0.2) is 5.78 Å². The second kappa shape index (κ2) is 5.16. The lowest BCUT2D eigenvalue weighted by Crippen LogP contribution is -2.43. The SMILES string of the molecule is CC(=O)c1ccc(C(=O)N2CCCC(C)(C)C2)cc1. The summed E-state index contributed by atoms with van der Waals surface area (Å²) in [6, 6.07) is 6.96. The van der Waals surface area contributed by atoms with Gasteiger partial charge in [0.05, 0.1) is 0 Å². The van der Waals surface area contributed by atoms with Crippen molar-refractivity contribution in [2.45, 2.75) is 33.6 Å². The standard InChI is InChI=1S/C16H21NO2/c1-12(18)13-5-7-14(8-6-13)15(19)17-10-4-9-16(2,3)11-17/h5-8H,4,9-11H2,1-3H3. The Morgan fingerprint density at radius 3 is 2.21 bits per heavy atom. The van der Waals surface area contributed by atoms with Crippen LogP contribution in [0.25, 0.3) is 0 Å². The third-order valence-electron chi connectivity index (χ3n) is 3.73. The van der Waals surface area contributed by atoms with Crippen molar-refractivity contribution >= 4 is 11.7 Å². The lowest BCUT2D eigenvalue weighted by molar-refractivity contribution is 0.0583. The number of Topliss-reactive ketones (excluding diaryl/α,β-unsaturated/α-hetero) is 1. The molecule has 1 aliphatic heterocycles. The minimum atomic E-state index is 0.0260. The average molecular weight is 259 g/mol. The van der Waals surface area contributed by atoms with E-state index >= 15 is 0 Å². The van der Waals surface area contributed by atoms with Crippen LogP contribution >= 0.6 is 0 Å². The fourth-order valence-corrected chi connectivity index (χ4v) is 2.63. The highest BCUT2D eigenvalue weighted by Gasteiger charge is 2.29. The summed E-state index contributed by atoms with van der Waals surface area (Å²) in [4.78, 5) is 25.6. The molecule has 102 valence electrons. The number of amides is 1. The molecule has 0 saturated carbocycles. The highest BCUT2D eigenvalue weighted by atomic mass is 16.2. The van der Waals surface area contributed by atoms with E-state index in [1.54, 1.807) is 24.3 Å². The molecule has 0 atom stereocenters. The molecule has 3 nitrogen and oxygen atoms in total. The van der Waals surface area contributed by atoms with Crippen molar-refractivity contribution in [3.05, 3.63) is 35.4 Å². The highest BCUT2D eigenvalue weighted by molar-refractivity contribution is 5.97. The fraction of sp³-hybridized carbons (Fsp3) is 0.500. The first-order chi connectivity index (χ1) is 8.89. The molecule has 0 radical (unpaired) electrons. The molecule has 2 rings (SSSR count). The van der Waals surface area contributed by atoms with Gasteiger partial charge in [-0.2, -0.15) is 0 Å². The van der Waals surface area contributed by atoms with Gasteiger partial charge in [-0.3, -0.25) is 9.59 Å². The molecule has 1 fully saturated rings. The summed E-state index contributed by atoms with van der Waals surface area (Å²) in [6.07, 6.45) is 2.23. The fourth-order valence-electron chi connectivity index (χ4n) is 2.63.